The van der Waals surface area contributed by atoms with Gasteiger partial charge in [-0.3, -0.25) is 9.36 Å². The van der Waals surface area contributed by atoms with E-state index in [1.54, 1.807) is 19.3 Å². The predicted molar refractivity (Wildman–Crippen MR) is 135 cm³/mol. The molecule has 9 nitrogen and oxygen atoms in total. The van der Waals surface area contributed by atoms with Gasteiger partial charge in [0.1, 0.15) is 23.8 Å². The zero-order valence-electron chi connectivity index (χ0n) is 19.7. The lowest BCUT2D eigenvalue weighted by atomic mass is 10.2. The number of nitrogens with one attached hydrogen (secondary N) is 1. The summed E-state index contributed by atoms with van der Waals surface area (Å²) in [5.41, 5.74) is 16.3. The number of nitrogen functional groups attached to an aromatic ring is 1. The van der Waals surface area contributed by atoms with E-state index < -0.39 is 0 Å². The van der Waals surface area contributed by atoms with Crippen LogP contribution in [-0.2, 0) is 16.1 Å². The minimum Gasteiger partial charge on any atom is -0.461 e. The van der Waals surface area contributed by atoms with Crippen molar-refractivity contribution in [1.29, 1.82) is 0 Å². The molecule has 34 heavy (non-hydrogen) atoms. The van der Waals surface area contributed by atoms with Gasteiger partial charge >= 0.3 is 5.97 Å². The van der Waals surface area contributed by atoms with Gasteiger partial charge in [0, 0.05) is 30.7 Å². The Morgan fingerprint density at radius 2 is 1.82 bits per heavy atom. The Morgan fingerprint density at radius 1 is 1.09 bits per heavy atom. The molecule has 0 amide bonds. The summed E-state index contributed by atoms with van der Waals surface area (Å²) in [5, 5.41) is 3.09. The normalized spacial score (nSPS) is 11.0. The number of imidazole rings is 1. The van der Waals surface area contributed by atoms with Crippen molar-refractivity contribution in [2.24, 2.45) is 5.73 Å². The number of hydrogen-bond acceptors (Lipinski definition) is 8. The Morgan fingerprint density at radius 3 is 2.47 bits per heavy atom. The third-order valence-electron chi connectivity index (χ3n) is 4.67. The van der Waals surface area contributed by atoms with Crippen LogP contribution in [0.1, 0.15) is 33.3 Å². The molecule has 5 N–H and O–H groups in total. The number of carbonyl (C=O) groups excluding carboxylic acids is 1. The van der Waals surface area contributed by atoms with Crippen LogP contribution >= 0.6 is 0 Å². The van der Waals surface area contributed by atoms with E-state index in [0.717, 1.165) is 11.3 Å². The topological polar surface area (TPSA) is 134 Å². The fourth-order valence-electron chi connectivity index (χ4n) is 3.18. The summed E-state index contributed by atoms with van der Waals surface area (Å²) in [7, 11) is 0. The van der Waals surface area contributed by atoms with E-state index in [9.17, 15) is 4.79 Å². The third-order valence-corrected chi connectivity index (χ3v) is 4.67. The summed E-state index contributed by atoms with van der Waals surface area (Å²) in [6.07, 6.45) is 3.32. The smallest absolute Gasteiger partial charge is 0.302 e. The van der Waals surface area contributed by atoms with Crippen LogP contribution in [0.5, 0.6) is 0 Å². The molecule has 0 aliphatic carbocycles. The number of allylic oxidation sites excluding steroid dienone is 1. The van der Waals surface area contributed by atoms with E-state index in [4.69, 9.17) is 26.2 Å². The first-order valence-electron chi connectivity index (χ1n) is 10.9. The second-order valence-corrected chi connectivity index (χ2v) is 7.23. The molecular weight excluding hydrogens is 430 g/mol. The molecule has 0 aliphatic heterocycles. The van der Waals surface area contributed by atoms with Crippen molar-refractivity contribution in [2.45, 2.75) is 34.3 Å². The van der Waals surface area contributed by atoms with Crippen LogP contribution in [0.4, 0.5) is 11.6 Å². The van der Waals surface area contributed by atoms with Gasteiger partial charge in [-0.05, 0) is 48.9 Å². The van der Waals surface area contributed by atoms with Gasteiger partial charge in [0.2, 0.25) is 0 Å². The van der Waals surface area contributed by atoms with Gasteiger partial charge in [0.05, 0.1) is 5.56 Å². The first kappa shape index (κ1) is 24.2. The zero-order valence-corrected chi connectivity index (χ0v) is 19.7. The number of pyridine rings is 2. The molecule has 176 valence electrons. The molecule has 0 saturated carbocycles. The van der Waals surface area contributed by atoms with Gasteiger partial charge in [0.15, 0.2) is 11.5 Å². The Hall–Kier alpha value is -4.40. The average Bonchev–Trinajstić information content (AvgIpc) is 3.21. The number of ether oxygens (including phenoxy) is 1. The summed E-state index contributed by atoms with van der Waals surface area (Å²) < 4.78 is 7.00. The molecule has 0 aliphatic rings. The van der Waals surface area contributed by atoms with Crippen molar-refractivity contribution < 1.29 is 9.53 Å². The molecule has 0 bridgehead atoms. The first-order chi connectivity index (χ1) is 16.4. The minimum absolute atomic E-state index is 0.208. The largest absolute Gasteiger partial charge is 0.461 e. The summed E-state index contributed by atoms with van der Waals surface area (Å²) in [4.78, 5) is 24.8. The Labute approximate surface area is 198 Å². The van der Waals surface area contributed by atoms with Crippen LogP contribution in [-0.4, -0.2) is 25.5 Å². The lowest BCUT2D eigenvalue weighted by Crippen LogP contribution is -2.03. The second kappa shape index (κ2) is 11.0. The molecule has 0 atom stereocenters. The maximum Gasteiger partial charge on any atom is 0.302 e. The quantitative estimate of drug-likeness (QED) is 0.362. The van der Waals surface area contributed by atoms with Crippen LogP contribution in [0.25, 0.3) is 28.2 Å². The van der Waals surface area contributed by atoms with Crippen molar-refractivity contribution in [3.63, 3.8) is 0 Å². The number of esters is 1. The maximum absolute atomic E-state index is 11.1. The van der Waals surface area contributed by atoms with Crippen molar-refractivity contribution in [1.82, 2.24) is 19.5 Å². The highest BCUT2D eigenvalue weighted by Crippen LogP contribution is 2.31. The van der Waals surface area contributed by atoms with Crippen LogP contribution < -0.4 is 16.8 Å². The third kappa shape index (κ3) is 5.50. The monoisotopic (exact) mass is 459 g/mol. The molecule has 0 spiro atoms. The molecule has 3 heterocycles. The van der Waals surface area contributed by atoms with Crippen LogP contribution in [0.2, 0.25) is 0 Å². The molecule has 0 unspecified atom stereocenters. The second-order valence-electron chi connectivity index (χ2n) is 7.23. The number of hydrogen-bond donors (Lipinski definition) is 3. The SMILES string of the molecule is CC.CC(=O)OCc1ccc(-n2c(-c3cccnc3N)nc3ccc(N/C=C(/C)N)nc32)cc1. The van der Waals surface area contributed by atoms with E-state index in [2.05, 4.69) is 10.3 Å². The Kier molecular flexibility index (Phi) is 7.81. The summed E-state index contributed by atoms with van der Waals surface area (Å²) in [6.45, 7) is 7.38. The average molecular weight is 460 g/mol. The molecular formula is C25H29N7O2. The van der Waals surface area contributed by atoms with Crippen LogP contribution in [0.15, 0.2) is 66.6 Å². The number of nitrogens with zero attached hydrogens (tertiary/aromatic N) is 4. The standard InChI is InChI=1S/C23H23N7O2.C2H6/c1-14(24)12-27-20-10-9-19-23(29-20)30(22(28-19)18-4-3-11-26-21(18)25)17-7-5-16(6-8-17)13-32-15(2)31;1-2/h3-12H,13,24H2,1-2H3,(H2,25,26)(H,27,29);1-2H3/b14-12-;. The number of aromatic nitrogens is 4. The van der Waals surface area contributed by atoms with Gasteiger partial charge in [-0.1, -0.05) is 26.0 Å². The lowest BCUT2D eigenvalue weighted by molar-refractivity contribution is -0.142. The zero-order chi connectivity index (χ0) is 24.7. The highest BCUT2D eigenvalue weighted by Gasteiger charge is 2.18. The van der Waals surface area contributed by atoms with E-state index >= 15 is 0 Å². The number of fused-ring (bicyclic) bond motifs is 1. The molecule has 4 aromatic rings. The van der Waals surface area contributed by atoms with Crippen molar-refractivity contribution >= 4 is 28.8 Å². The molecule has 4 rings (SSSR count). The molecule has 3 aromatic heterocycles. The van der Waals surface area contributed by atoms with Crippen molar-refractivity contribution in [3.8, 4) is 17.1 Å². The van der Waals surface area contributed by atoms with E-state index in [1.165, 1.54) is 6.92 Å². The molecule has 0 saturated heterocycles. The van der Waals surface area contributed by atoms with Gasteiger partial charge < -0.3 is 21.5 Å². The molecule has 0 fully saturated rings. The molecule has 1 aromatic carbocycles. The summed E-state index contributed by atoms with van der Waals surface area (Å²) in [6, 6.07) is 15.0. The fraction of sp³-hybridized carbons (Fsp3) is 0.200. The highest BCUT2D eigenvalue weighted by atomic mass is 16.5. The number of rotatable bonds is 6. The fourth-order valence-corrected chi connectivity index (χ4v) is 3.18. The number of carbonyl (C=O) groups is 1. The van der Waals surface area contributed by atoms with Crippen molar-refractivity contribution in [3.05, 3.63) is 72.2 Å². The number of benzene rings is 1. The highest BCUT2D eigenvalue weighted by molar-refractivity contribution is 5.83. The van der Waals surface area contributed by atoms with Gasteiger partial charge in [-0.25, -0.2) is 15.0 Å². The van der Waals surface area contributed by atoms with Crippen LogP contribution in [0.3, 0.4) is 0 Å². The van der Waals surface area contributed by atoms with E-state index in [0.29, 0.717) is 39.9 Å². The minimum atomic E-state index is -0.324. The number of nitrogens with two attached hydrogens (primary N) is 2. The van der Waals surface area contributed by atoms with Gasteiger partial charge in [-0.15, -0.1) is 0 Å². The molecule has 0 radical (unpaired) electrons. The Balaban J connectivity index is 0.00000158. The van der Waals surface area contributed by atoms with E-state index in [1.807, 2.05) is 66.9 Å². The summed E-state index contributed by atoms with van der Waals surface area (Å²) >= 11 is 0. The maximum atomic E-state index is 11.1. The van der Waals surface area contributed by atoms with Gasteiger partial charge in [0.25, 0.3) is 0 Å². The summed E-state index contributed by atoms with van der Waals surface area (Å²) in [5.74, 6) is 1.29. The number of anilines is 2. The van der Waals surface area contributed by atoms with Gasteiger partial charge in [-0.2, -0.15) is 0 Å². The van der Waals surface area contributed by atoms with Crippen LogP contribution in [0, 0.1) is 0 Å². The lowest BCUT2D eigenvalue weighted by Gasteiger charge is -2.11. The predicted octanol–water partition coefficient (Wildman–Crippen LogP) is 4.39. The van der Waals surface area contributed by atoms with E-state index in [-0.39, 0.29) is 12.6 Å². The Bertz CT molecular complexity index is 1310. The first-order valence-corrected chi connectivity index (χ1v) is 10.9. The molecule has 9 heteroatoms. The van der Waals surface area contributed by atoms with Crippen molar-refractivity contribution in [2.75, 3.05) is 11.1 Å².